The van der Waals surface area contributed by atoms with Crippen molar-refractivity contribution in [2.75, 3.05) is 42.4 Å². The van der Waals surface area contributed by atoms with Crippen molar-refractivity contribution in [3.8, 4) is 39.1 Å². The second-order valence-corrected chi connectivity index (χ2v) is 31.1. The van der Waals surface area contributed by atoms with E-state index in [0.717, 1.165) is 32.1 Å². The zero-order valence-corrected chi connectivity index (χ0v) is 72.3. The van der Waals surface area contributed by atoms with Crippen LogP contribution in [0.4, 0.5) is 82.9 Å². The summed E-state index contributed by atoms with van der Waals surface area (Å²) in [4.78, 5) is 130. The van der Waals surface area contributed by atoms with E-state index in [9.17, 15) is 100 Å². The predicted molar refractivity (Wildman–Crippen MR) is 452 cm³/mol. The van der Waals surface area contributed by atoms with Crippen LogP contribution in [0.3, 0.4) is 0 Å². The molecule has 131 heavy (non-hydrogen) atoms. The van der Waals surface area contributed by atoms with Gasteiger partial charge in [0.2, 0.25) is 0 Å². The minimum absolute atomic E-state index is 0.0786. The Labute approximate surface area is 735 Å². The van der Waals surface area contributed by atoms with Gasteiger partial charge < -0.3 is 63.3 Å². The summed E-state index contributed by atoms with van der Waals surface area (Å²) < 4.78 is 228. The summed E-state index contributed by atoms with van der Waals surface area (Å²) in [6.07, 6.45) is -4.45. The number of aromatic nitrogens is 10. The van der Waals surface area contributed by atoms with Crippen LogP contribution in [0.1, 0.15) is 118 Å². The largest absolute Gasteiger partial charge is 0.494 e. The number of carbonyl (C=O) groups is 6. The van der Waals surface area contributed by atoms with Gasteiger partial charge in [-0.05, 0) is 157 Å². The Balaban J connectivity index is 0.000000190. The quantitative estimate of drug-likeness (QED) is 0.0315. The van der Waals surface area contributed by atoms with Gasteiger partial charge in [0.1, 0.15) is 86.7 Å². The molecule has 12 aromatic rings. The lowest BCUT2D eigenvalue weighted by Crippen LogP contribution is -2.53. The molecular formula is C89H87F15N16O11. The van der Waals surface area contributed by atoms with Gasteiger partial charge in [0.15, 0.2) is 23.1 Å². The first kappa shape index (κ1) is 97.6. The van der Waals surface area contributed by atoms with Crippen molar-refractivity contribution in [1.82, 2.24) is 63.0 Å². The number of anilines is 3. The summed E-state index contributed by atoms with van der Waals surface area (Å²) in [7, 11) is 6.19. The average Bonchev–Trinajstić information content (AvgIpc) is 1.74. The topological polar surface area (TPSA) is 315 Å². The molecule has 1 aliphatic rings. The first-order valence-electron chi connectivity index (χ1n) is 40.4. The Kier molecular flexibility index (Phi) is 29.5. The van der Waals surface area contributed by atoms with Crippen molar-refractivity contribution < 1.29 is 104 Å². The monoisotopic (exact) mass is 1840 g/mol. The number of carbonyl (C=O) groups excluding carboxylic acids is 6. The summed E-state index contributed by atoms with van der Waals surface area (Å²) in [6, 6.07) is 7.43. The van der Waals surface area contributed by atoms with Gasteiger partial charge in [-0.25, -0.2) is 46.0 Å². The standard InChI is InChI=1S/C31H30F5N5O4.C30H30F5N5O3.C28H27F5N6O4/c1-16-11-17(2)39(4)30(44)26(16)21-6-5-19(41-8-7-37-28(21)41)14-24(18(3)42)38-29(43)27-22(32)12-20(13-23(27)33)40-9-10-45-15-25(40)31(34,35)36;1-6-24(30(33,34)35)37-18-12-21(31)26(22(32)13-18)28(42)38-23(17(4)41)14-19-7-8-20(27-36-9-10-40(19)27)25-15(2)11-16(3)39(5)29(25)43;1-5-22(28(31,32)33)36-15-10-18(29)24(19(30)11-15)26(41)37-20(14(2)40)12-16-6-7-17(25-34-8-9-39(16)25)23-21(43-4)13-35-38(3)27(23)42/h5-8,11-13,24-25H,9-10,14-15H2,1-4H3,(H,38,43);7-13,23-24,37H,6,14H2,1-5H3,(H,38,42);6-11,13,20,22,36H,5,12H2,1-4H3,(H,37,41)/t24-,25+;23-,24+;20-,22+/m000/s1. The zero-order chi connectivity index (χ0) is 96.2. The van der Waals surface area contributed by atoms with Crippen LogP contribution in [0.15, 0.2) is 143 Å². The van der Waals surface area contributed by atoms with Gasteiger partial charge in [0, 0.05) is 146 Å². The van der Waals surface area contributed by atoms with Crippen LogP contribution in [0.25, 0.3) is 50.3 Å². The summed E-state index contributed by atoms with van der Waals surface area (Å²) in [5.74, 6) is -13.5. The SMILES string of the molecule is CC(=O)[C@H](Cc1ccc(-c2c(C)cc(C)n(C)c2=O)c2nccn12)NC(=O)c1c(F)cc(N2CCOC[C@@H]2C(F)(F)F)cc1F.CC[C@@H](Nc1cc(F)c(C(=O)N[C@@H](Cc2ccc(-c3c(C)cc(C)n(C)c3=O)c3nccn23)C(C)=O)c(F)c1)C(F)(F)F.CC[C@@H](Nc1cc(F)c(C(=O)N[C@@H](Cc2ccc(-c3c(OC)cnn(C)c3=O)c3nccn23)C(C)=O)c(F)c1)C(F)(F)F. The van der Waals surface area contributed by atoms with Gasteiger partial charge in [-0.2, -0.15) is 44.6 Å². The highest BCUT2D eigenvalue weighted by molar-refractivity contribution is 6.00. The number of rotatable bonds is 26. The molecule has 0 radical (unpaired) electrons. The number of nitrogens with one attached hydrogen (secondary N) is 5. The molecular weight excluding hydrogens is 1750 g/mol. The molecule has 27 nitrogen and oxygen atoms in total. The van der Waals surface area contributed by atoms with E-state index in [0.29, 0.717) is 98.2 Å². The van der Waals surface area contributed by atoms with Gasteiger partial charge in [-0.15, -0.1) is 0 Å². The molecule has 1 saturated heterocycles. The van der Waals surface area contributed by atoms with Crippen molar-refractivity contribution in [3.63, 3.8) is 0 Å². The molecule has 3 amide bonds. The van der Waals surface area contributed by atoms with E-state index < -0.39 is 177 Å². The molecule has 10 heterocycles. The Morgan fingerprint density at radius 3 is 1.14 bits per heavy atom. The number of halogens is 15. The number of morpholine rings is 1. The van der Waals surface area contributed by atoms with Crippen molar-refractivity contribution in [2.45, 2.75) is 149 Å². The first-order chi connectivity index (χ1) is 61.6. The van der Waals surface area contributed by atoms with Gasteiger partial charge >= 0.3 is 18.5 Å². The molecule has 9 aromatic heterocycles. The van der Waals surface area contributed by atoms with Crippen LogP contribution in [-0.4, -0.2) is 164 Å². The predicted octanol–water partition coefficient (Wildman–Crippen LogP) is 13.6. The van der Waals surface area contributed by atoms with Crippen LogP contribution in [-0.2, 0) is 59.5 Å². The maximum atomic E-state index is 15.1. The number of alkyl halides is 9. The lowest BCUT2D eigenvalue weighted by molar-refractivity contribution is -0.167. The molecule has 3 aromatic carbocycles. The number of methoxy groups -OCH3 is 1. The van der Waals surface area contributed by atoms with E-state index in [-0.39, 0.29) is 61.3 Å². The number of amides is 3. The summed E-state index contributed by atoms with van der Waals surface area (Å²) >= 11 is 0. The van der Waals surface area contributed by atoms with Crippen molar-refractivity contribution >= 4 is 69.1 Å². The maximum absolute atomic E-state index is 15.1. The second-order valence-electron chi connectivity index (χ2n) is 31.1. The molecule has 1 aliphatic heterocycles. The minimum Gasteiger partial charge on any atom is -0.494 e. The fourth-order valence-electron chi connectivity index (χ4n) is 15.1. The smallest absolute Gasteiger partial charge is 0.411 e. The zero-order valence-electron chi connectivity index (χ0n) is 72.3. The fraction of sp³-hybridized carbons (Fsp3) is 0.337. The summed E-state index contributed by atoms with van der Waals surface area (Å²) in [6.45, 7) is 12.3. The molecule has 694 valence electrons. The van der Waals surface area contributed by atoms with Crippen LogP contribution < -0.4 is 52.9 Å². The van der Waals surface area contributed by atoms with E-state index in [2.05, 4.69) is 36.0 Å². The molecule has 1 fully saturated rings. The number of hydrogen-bond donors (Lipinski definition) is 5. The minimum atomic E-state index is -4.72. The Hall–Kier alpha value is -14.0. The second kappa shape index (κ2) is 39.6. The van der Waals surface area contributed by atoms with Gasteiger partial charge in [0.25, 0.3) is 34.4 Å². The van der Waals surface area contributed by atoms with Gasteiger partial charge in [-0.3, -0.25) is 43.2 Å². The molecule has 0 unspecified atom stereocenters. The molecule has 6 atom stereocenters. The molecule has 42 heteroatoms. The van der Waals surface area contributed by atoms with Crippen molar-refractivity contribution in [2.24, 2.45) is 21.1 Å². The third-order valence-corrected chi connectivity index (χ3v) is 22.3. The highest BCUT2D eigenvalue weighted by atomic mass is 19.4. The number of ether oxygens (including phenoxy) is 2. The number of Topliss-reactive ketones (excluding diaryl/α,β-unsaturated/α-hetero) is 3. The molecule has 0 saturated carbocycles. The van der Waals surface area contributed by atoms with Crippen LogP contribution >= 0.6 is 0 Å². The lowest BCUT2D eigenvalue weighted by atomic mass is 10.0. The molecule has 0 spiro atoms. The number of ketones is 3. The first-order valence-corrected chi connectivity index (χ1v) is 40.4. The molecule has 0 aliphatic carbocycles. The lowest BCUT2D eigenvalue weighted by Gasteiger charge is -2.38. The average molecular weight is 1840 g/mol. The molecule has 0 bridgehead atoms. The molecule has 13 rings (SSSR count). The number of benzene rings is 3. The molecule has 5 N–H and O–H groups in total. The number of hydrogen-bond acceptors (Lipinski definition) is 18. The van der Waals surface area contributed by atoms with Crippen LogP contribution in [0, 0.1) is 62.6 Å². The highest BCUT2D eigenvalue weighted by Gasteiger charge is 2.47. The number of pyridine rings is 5. The van der Waals surface area contributed by atoms with Gasteiger partial charge in [-0.1, -0.05) is 13.8 Å². The van der Waals surface area contributed by atoms with E-state index in [1.54, 1.807) is 82.3 Å². The van der Waals surface area contributed by atoms with E-state index >= 15 is 8.78 Å². The third kappa shape index (κ3) is 21.2. The number of aryl methyl sites for hydroxylation is 5. The van der Waals surface area contributed by atoms with Gasteiger partial charge in [0.05, 0.1) is 61.3 Å². The fourth-order valence-corrected chi connectivity index (χ4v) is 15.1. The Morgan fingerprint density at radius 2 is 0.824 bits per heavy atom. The normalized spacial score (nSPS) is 14.2. The highest BCUT2D eigenvalue weighted by Crippen LogP contribution is 2.37. The van der Waals surface area contributed by atoms with E-state index in [1.165, 1.54) is 82.7 Å². The Bertz CT molecular complexity index is 6560. The van der Waals surface area contributed by atoms with E-state index in [4.69, 9.17) is 9.47 Å². The van der Waals surface area contributed by atoms with Crippen LogP contribution in [0.5, 0.6) is 5.75 Å². The van der Waals surface area contributed by atoms with Crippen molar-refractivity contribution in [1.29, 1.82) is 0 Å². The number of fused-ring (bicyclic) bond motifs is 3. The number of nitrogens with zero attached hydrogens (tertiary/aromatic N) is 11. The van der Waals surface area contributed by atoms with E-state index in [1.807, 2.05) is 50.5 Å². The summed E-state index contributed by atoms with van der Waals surface area (Å²) in [5, 5.41) is 15.0. The van der Waals surface area contributed by atoms with Crippen molar-refractivity contribution in [3.05, 3.63) is 251 Å². The maximum Gasteiger partial charge on any atom is 0.411 e. The summed E-state index contributed by atoms with van der Waals surface area (Å²) in [5.41, 5.74) is 3.00. The van der Waals surface area contributed by atoms with Crippen LogP contribution in [0.2, 0.25) is 0 Å². The number of imidazole rings is 3. The Morgan fingerprint density at radius 1 is 0.489 bits per heavy atom. The third-order valence-electron chi connectivity index (χ3n) is 22.3.